The summed E-state index contributed by atoms with van der Waals surface area (Å²) in [6.07, 6.45) is 13.6. The molecule has 2 atom stereocenters. The lowest BCUT2D eigenvalue weighted by molar-refractivity contribution is -0.944. The monoisotopic (exact) mass is 254 g/mol. The third kappa shape index (κ3) is 3.96. The van der Waals surface area contributed by atoms with Crippen molar-refractivity contribution in [1.82, 2.24) is 0 Å². The van der Waals surface area contributed by atoms with Crippen LogP contribution in [0.25, 0.3) is 0 Å². The Balaban J connectivity index is 1.93. The minimum Gasteiger partial charge on any atom is -0.367 e. The van der Waals surface area contributed by atoms with Gasteiger partial charge in [-0.15, -0.1) is 0 Å². The van der Waals surface area contributed by atoms with Crippen molar-refractivity contribution >= 4 is 0 Å². The van der Waals surface area contributed by atoms with Crippen LogP contribution in [0.1, 0.15) is 64.7 Å². The lowest BCUT2D eigenvalue weighted by Gasteiger charge is -2.46. The molecular weight excluding hydrogens is 222 g/mol. The van der Waals surface area contributed by atoms with Crippen LogP contribution in [0.15, 0.2) is 0 Å². The number of likely N-dealkylation sites (N-methyl/N-ethyl adjacent to an activating group) is 1. The number of hydrogen-bond acceptors (Lipinski definition) is 1. The Hall–Kier alpha value is -0.0800. The number of rotatable bonds is 1. The van der Waals surface area contributed by atoms with Gasteiger partial charge in [-0.3, -0.25) is 0 Å². The van der Waals surface area contributed by atoms with E-state index in [1.54, 1.807) is 0 Å². The molecule has 2 aliphatic rings. The van der Waals surface area contributed by atoms with Gasteiger partial charge in [0.25, 0.3) is 0 Å². The summed E-state index contributed by atoms with van der Waals surface area (Å²) in [6.45, 7) is 5.67. The van der Waals surface area contributed by atoms with Crippen LogP contribution in [0.3, 0.4) is 0 Å². The van der Waals surface area contributed by atoms with E-state index in [-0.39, 0.29) is 0 Å². The fourth-order valence-electron chi connectivity index (χ4n) is 3.94. The van der Waals surface area contributed by atoms with E-state index in [4.69, 9.17) is 4.74 Å². The molecule has 2 unspecified atom stereocenters. The van der Waals surface area contributed by atoms with Crippen LogP contribution in [0.2, 0.25) is 0 Å². The van der Waals surface area contributed by atoms with Crippen LogP contribution in [0.5, 0.6) is 0 Å². The van der Waals surface area contributed by atoms with Crippen LogP contribution in [0.4, 0.5) is 0 Å². The van der Waals surface area contributed by atoms with Gasteiger partial charge in [0.1, 0.15) is 19.2 Å². The summed E-state index contributed by atoms with van der Waals surface area (Å²) in [4.78, 5) is 0. The number of ether oxygens (including phenoxy) is 1. The lowest BCUT2D eigenvalue weighted by atomic mass is 9.94. The van der Waals surface area contributed by atoms with Gasteiger partial charge in [0.15, 0.2) is 0 Å². The summed E-state index contributed by atoms with van der Waals surface area (Å²) < 4.78 is 7.03. The molecule has 0 aromatic rings. The highest BCUT2D eigenvalue weighted by Crippen LogP contribution is 2.27. The second-order valence-electron chi connectivity index (χ2n) is 6.77. The van der Waals surface area contributed by atoms with Gasteiger partial charge >= 0.3 is 0 Å². The molecule has 2 nitrogen and oxygen atoms in total. The molecule has 1 saturated heterocycles. The molecule has 1 saturated carbocycles. The Bertz CT molecular complexity index is 233. The molecule has 0 spiro atoms. The number of hydrogen-bond donors (Lipinski definition) is 0. The molecule has 2 rings (SSSR count). The Kier molecular flexibility index (Phi) is 5.50. The van der Waals surface area contributed by atoms with Gasteiger partial charge in [-0.2, -0.15) is 0 Å². The summed E-state index contributed by atoms with van der Waals surface area (Å²) in [6, 6.07) is 0.898. The zero-order valence-electron chi connectivity index (χ0n) is 12.5. The van der Waals surface area contributed by atoms with Gasteiger partial charge in [-0.05, 0) is 32.6 Å². The molecule has 0 radical (unpaired) electrons. The smallest absolute Gasteiger partial charge is 0.105 e. The molecule has 1 heterocycles. The van der Waals surface area contributed by atoms with E-state index in [0.717, 1.165) is 12.6 Å². The molecule has 0 aromatic heterocycles. The fraction of sp³-hybridized carbons (Fsp3) is 1.00. The van der Waals surface area contributed by atoms with Crippen LogP contribution in [-0.2, 0) is 4.74 Å². The number of quaternary nitrogens is 1. The maximum absolute atomic E-state index is 5.75. The Morgan fingerprint density at radius 1 is 0.889 bits per heavy atom. The van der Waals surface area contributed by atoms with E-state index >= 15 is 0 Å². The van der Waals surface area contributed by atoms with Gasteiger partial charge in [0.2, 0.25) is 0 Å². The molecule has 2 fully saturated rings. The van der Waals surface area contributed by atoms with Crippen molar-refractivity contribution < 1.29 is 9.22 Å². The summed E-state index contributed by atoms with van der Waals surface area (Å²) in [5, 5.41) is 0. The first-order valence-electron chi connectivity index (χ1n) is 8.16. The second-order valence-corrected chi connectivity index (χ2v) is 6.77. The Morgan fingerprint density at radius 2 is 1.44 bits per heavy atom. The first-order valence-corrected chi connectivity index (χ1v) is 8.16. The van der Waals surface area contributed by atoms with Crippen LogP contribution in [-0.4, -0.2) is 43.4 Å². The zero-order chi connectivity index (χ0) is 12.8. The predicted octanol–water partition coefficient (Wildman–Crippen LogP) is 3.74. The highest BCUT2D eigenvalue weighted by atomic mass is 16.5. The van der Waals surface area contributed by atoms with Crippen LogP contribution < -0.4 is 0 Å². The maximum atomic E-state index is 5.75. The minimum absolute atomic E-state index is 0.458. The number of nitrogens with zero attached hydrogens (tertiary/aromatic N) is 1. The third-order valence-electron chi connectivity index (χ3n) is 5.13. The maximum Gasteiger partial charge on any atom is 0.105 e. The van der Waals surface area contributed by atoms with Crippen LogP contribution >= 0.6 is 0 Å². The molecule has 1 aliphatic carbocycles. The van der Waals surface area contributed by atoms with Crippen molar-refractivity contribution in [2.45, 2.75) is 76.9 Å². The second kappa shape index (κ2) is 6.91. The Morgan fingerprint density at radius 3 is 2.00 bits per heavy atom. The van der Waals surface area contributed by atoms with Crippen molar-refractivity contribution in [3.63, 3.8) is 0 Å². The van der Waals surface area contributed by atoms with Gasteiger partial charge in [0, 0.05) is 0 Å². The van der Waals surface area contributed by atoms with Crippen molar-refractivity contribution in [1.29, 1.82) is 0 Å². The topological polar surface area (TPSA) is 9.23 Å². The molecule has 1 aliphatic heterocycles. The van der Waals surface area contributed by atoms with E-state index in [0.29, 0.717) is 6.10 Å². The first kappa shape index (κ1) is 14.3. The lowest BCUT2D eigenvalue weighted by Crippen LogP contribution is -2.60. The standard InChI is InChI=1S/C16H32NO/c1-15-14-17(2,12-13-18-15)16-10-8-6-4-3-5-7-9-11-16/h15-16H,3-14H2,1-2H3/q+1. The van der Waals surface area contributed by atoms with Crippen molar-refractivity contribution in [2.75, 3.05) is 26.7 Å². The molecule has 0 bridgehead atoms. The van der Waals surface area contributed by atoms with E-state index in [2.05, 4.69) is 14.0 Å². The van der Waals surface area contributed by atoms with Gasteiger partial charge in [-0.25, -0.2) is 0 Å². The van der Waals surface area contributed by atoms with Crippen molar-refractivity contribution in [3.05, 3.63) is 0 Å². The average Bonchev–Trinajstić information content (AvgIpc) is 2.35. The minimum atomic E-state index is 0.458. The number of morpholine rings is 1. The molecule has 0 aromatic carbocycles. The quantitative estimate of drug-likeness (QED) is 0.648. The fourth-order valence-corrected chi connectivity index (χ4v) is 3.94. The zero-order valence-corrected chi connectivity index (χ0v) is 12.5. The van der Waals surface area contributed by atoms with Gasteiger partial charge in [-0.1, -0.05) is 32.1 Å². The molecule has 0 N–H and O–H groups in total. The summed E-state index contributed by atoms with van der Waals surface area (Å²) in [5.74, 6) is 0. The SMILES string of the molecule is CC1C[N+](C)(C2CCCCCCCCC2)CCO1. The largest absolute Gasteiger partial charge is 0.367 e. The highest BCUT2D eigenvalue weighted by Gasteiger charge is 2.36. The summed E-state index contributed by atoms with van der Waals surface area (Å²) in [5.41, 5.74) is 0. The average molecular weight is 254 g/mol. The molecule has 2 heteroatoms. The molecular formula is C16H32NO+. The molecule has 18 heavy (non-hydrogen) atoms. The molecule has 106 valence electrons. The van der Waals surface area contributed by atoms with E-state index in [1.165, 1.54) is 75.4 Å². The van der Waals surface area contributed by atoms with E-state index in [1.807, 2.05) is 0 Å². The normalized spacial score (nSPS) is 37.3. The van der Waals surface area contributed by atoms with Crippen molar-refractivity contribution in [3.8, 4) is 0 Å². The third-order valence-corrected chi connectivity index (χ3v) is 5.13. The van der Waals surface area contributed by atoms with Crippen molar-refractivity contribution in [2.24, 2.45) is 0 Å². The molecule has 0 amide bonds. The summed E-state index contributed by atoms with van der Waals surface area (Å²) in [7, 11) is 2.48. The van der Waals surface area contributed by atoms with Crippen LogP contribution in [0, 0.1) is 0 Å². The van der Waals surface area contributed by atoms with Gasteiger partial charge < -0.3 is 9.22 Å². The first-order chi connectivity index (χ1) is 8.71. The highest BCUT2D eigenvalue weighted by molar-refractivity contribution is 4.67. The van der Waals surface area contributed by atoms with E-state index < -0.39 is 0 Å². The Labute approximate surface area is 113 Å². The predicted molar refractivity (Wildman–Crippen MR) is 76.7 cm³/mol. The van der Waals surface area contributed by atoms with E-state index in [9.17, 15) is 0 Å². The summed E-state index contributed by atoms with van der Waals surface area (Å²) >= 11 is 0. The van der Waals surface area contributed by atoms with Gasteiger partial charge in [0.05, 0.1) is 19.7 Å².